The molecule has 0 aliphatic rings. The number of carbonyl (C=O) groups excluding carboxylic acids is 3. The summed E-state index contributed by atoms with van der Waals surface area (Å²) in [5.74, 6) is -1.45. The summed E-state index contributed by atoms with van der Waals surface area (Å²) in [5.41, 5.74) is 1.45. The summed E-state index contributed by atoms with van der Waals surface area (Å²) in [5, 5.41) is 7.53. The van der Waals surface area contributed by atoms with Gasteiger partial charge in [0.1, 0.15) is 0 Å². The van der Waals surface area contributed by atoms with Gasteiger partial charge in [-0.15, -0.1) is 0 Å². The van der Waals surface area contributed by atoms with Crippen LogP contribution in [0.3, 0.4) is 0 Å². The summed E-state index contributed by atoms with van der Waals surface area (Å²) in [6.07, 6.45) is 0. The molecular weight excluding hydrogens is 434 g/mol. The van der Waals surface area contributed by atoms with Gasteiger partial charge in [-0.25, -0.2) is 9.48 Å². The Balaban J connectivity index is 1.52. The Kier molecular flexibility index (Phi) is 6.59. The average molecular weight is 455 g/mol. The van der Waals surface area contributed by atoms with Crippen LogP contribution in [-0.2, 0) is 16.1 Å². The number of carbonyl (C=O) groups is 3. The lowest BCUT2D eigenvalue weighted by molar-refractivity contribution is -0.119. The van der Waals surface area contributed by atoms with Crippen LogP contribution in [0.5, 0.6) is 0 Å². The minimum absolute atomic E-state index is 0.0512. The Morgan fingerprint density at radius 1 is 0.882 bits per heavy atom. The van der Waals surface area contributed by atoms with Crippen molar-refractivity contribution in [1.29, 1.82) is 0 Å². The second-order valence-electron chi connectivity index (χ2n) is 7.60. The number of Topliss-reactive ketones (excluding diaryl/α,β-unsaturated/α-hetero) is 1. The van der Waals surface area contributed by atoms with Gasteiger partial charge in [-0.05, 0) is 42.8 Å². The number of fused-ring (bicyclic) bond motifs is 1. The fourth-order valence-electron chi connectivity index (χ4n) is 3.43. The molecule has 0 fully saturated rings. The van der Waals surface area contributed by atoms with Crippen LogP contribution in [0.25, 0.3) is 10.8 Å². The van der Waals surface area contributed by atoms with Gasteiger partial charge >= 0.3 is 5.97 Å². The molecule has 0 atom stereocenters. The fourth-order valence-corrected chi connectivity index (χ4v) is 3.43. The zero-order chi connectivity index (χ0) is 24.1. The quantitative estimate of drug-likeness (QED) is 0.338. The van der Waals surface area contributed by atoms with E-state index >= 15 is 0 Å². The molecule has 8 nitrogen and oxygen atoms in total. The van der Waals surface area contributed by atoms with Crippen LogP contribution in [0.4, 0.5) is 5.69 Å². The lowest BCUT2D eigenvalue weighted by atomic mass is 10.1. The summed E-state index contributed by atoms with van der Waals surface area (Å²) >= 11 is 0. The van der Waals surface area contributed by atoms with Gasteiger partial charge in [-0.2, -0.15) is 5.10 Å². The minimum Gasteiger partial charge on any atom is -0.451 e. The summed E-state index contributed by atoms with van der Waals surface area (Å²) in [6, 6.07) is 22.3. The molecule has 0 aliphatic heterocycles. The maximum absolute atomic E-state index is 12.9. The zero-order valence-electron chi connectivity index (χ0n) is 18.4. The van der Waals surface area contributed by atoms with Crippen LogP contribution in [0.2, 0.25) is 0 Å². The topological polar surface area (TPSA) is 107 Å². The van der Waals surface area contributed by atoms with Gasteiger partial charge in [0, 0.05) is 16.6 Å². The van der Waals surface area contributed by atoms with Gasteiger partial charge in [-0.1, -0.05) is 48.5 Å². The van der Waals surface area contributed by atoms with E-state index in [0.717, 1.165) is 5.56 Å². The highest BCUT2D eigenvalue weighted by Gasteiger charge is 2.19. The number of nitrogens with one attached hydrogen (secondary N) is 1. The molecule has 170 valence electrons. The van der Waals surface area contributed by atoms with E-state index < -0.39 is 18.5 Å². The third-order valence-corrected chi connectivity index (χ3v) is 5.15. The zero-order valence-corrected chi connectivity index (χ0v) is 18.4. The number of hydrogen-bond donors (Lipinski definition) is 1. The van der Waals surface area contributed by atoms with E-state index in [0.29, 0.717) is 22.0 Å². The van der Waals surface area contributed by atoms with E-state index in [1.807, 2.05) is 30.3 Å². The molecule has 4 rings (SSSR count). The second kappa shape index (κ2) is 9.91. The van der Waals surface area contributed by atoms with Crippen molar-refractivity contribution in [3.63, 3.8) is 0 Å². The fraction of sp³-hybridized carbons (Fsp3) is 0.115. The van der Waals surface area contributed by atoms with Crippen molar-refractivity contribution in [2.24, 2.45) is 0 Å². The maximum Gasteiger partial charge on any atom is 0.359 e. The van der Waals surface area contributed by atoms with Crippen LogP contribution in [0.1, 0.15) is 33.3 Å². The van der Waals surface area contributed by atoms with Crippen molar-refractivity contribution in [3.05, 3.63) is 106 Å². The van der Waals surface area contributed by atoms with Crippen LogP contribution < -0.4 is 10.9 Å². The molecule has 8 heteroatoms. The molecule has 1 heterocycles. The SMILES string of the molecule is CC(=O)c1ccc(NC(=O)COC(=O)c2nn(Cc3ccccc3)c(=O)c3ccccc23)cc1. The molecule has 0 unspecified atom stereocenters. The van der Waals surface area contributed by atoms with Gasteiger partial charge in [0.05, 0.1) is 11.9 Å². The Hall–Kier alpha value is -4.59. The normalized spacial score (nSPS) is 10.6. The standard InChI is InChI=1S/C26H21N3O5/c1-17(30)19-11-13-20(14-12-19)27-23(31)16-34-26(33)24-21-9-5-6-10-22(21)25(32)29(28-24)15-18-7-3-2-4-8-18/h2-14H,15-16H2,1H3,(H,27,31). The van der Waals surface area contributed by atoms with Crippen LogP contribution in [0, 0.1) is 0 Å². The third-order valence-electron chi connectivity index (χ3n) is 5.15. The first-order valence-corrected chi connectivity index (χ1v) is 10.5. The van der Waals surface area contributed by atoms with Gasteiger partial charge in [0.15, 0.2) is 18.1 Å². The summed E-state index contributed by atoms with van der Waals surface area (Å²) in [6.45, 7) is 1.09. The first-order chi connectivity index (χ1) is 16.4. The van der Waals surface area contributed by atoms with E-state index in [1.54, 1.807) is 48.5 Å². The molecule has 4 aromatic rings. The molecule has 1 N–H and O–H groups in total. The summed E-state index contributed by atoms with van der Waals surface area (Å²) < 4.78 is 6.41. The average Bonchev–Trinajstić information content (AvgIpc) is 2.85. The summed E-state index contributed by atoms with van der Waals surface area (Å²) in [7, 11) is 0. The molecule has 3 aromatic carbocycles. The largest absolute Gasteiger partial charge is 0.451 e. The minimum atomic E-state index is -0.819. The Morgan fingerprint density at radius 3 is 2.21 bits per heavy atom. The first kappa shape index (κ1) is 22.6. The number of amides is 1. The van der Waals surface area contributed by atoms with Gasteiger partial charge < -0.3 is 10.1 Å². The number of esters is 1. The maximum atomic E-state index is 12.9. The Morgan fingerprint density at radius 2 is 1.53 bits per heavy atom. The number of rotatable bonds is 7. The number of ketones is 1. The molecule has 0 spiro atoms. The molecule has 34 heavy (non-hydrogen) atoms. The molecular formula is C26H21N3O5. The number of benzene rings is 3. The number of hydrogen-bond acceptors (Lipinski definition) is 6. The van der Waals surface area contributed by atoms with E-state index in [1.165, 1.54) is 11.6 Å². The predicted octanol–water partition coefficient (Wildman–Crippen LogP) is 3.44. The highest BCUT2D eigenvalue weighted by atomic mass is 16.5. The highest BCUT2D eigenvalue weighted by molar-refractivity contribution is 6.03. The monoisotopic (exact) mass is 455 g/mol. The van der Waals surface area contributed by atoms with Gasteiger partial charge in [0.25, 0.3) is 11.5 Å². The van der Waals surface area contributed by atoms with Crippen molar-refractivity contribution in [3.8, 4) is 0 Å². The van der Waals surface area contributed by atoms with Crippen molar-refractivity contribution < 1.29 is 19.1 Å². The van der Waals surface area contributed by atoms with Gasteiger partial charge in [0.2, 0.25) is 0 Å². The number of anilines is 1. The van der Waals surface area contributed by atoms with E-state index in [-0.39, 0.29) is 23.6 Å². The van der Waals surface area contributed by atoms with Crippen LogP contribution >= 0.6 is 0 Å². The van der Waals surface area contributed by atoms with E-state index in [9.17, 15) is 19.2 Å². The Labute approximate surface area is 194 Å². The van der Waals surface area contributed by atoms with Crippen molar-refractivity contribution in [2.75, 3.05) is 11.9 Å². The van der Waals surface area contributed by atoms with Crippen molar-refractivity contribution >= 4 is 34.1 Å². The van der Waals surface area contributed by atoms with Crippen molar-refractivity contribution in [2.45, 2.75) is 13.5 Å². The number of nitrogens with zero attached hydrogens (tertiary/aromatic N) is 2. The number of ether oxygens (including phenoxy) is 1. The lowest BCUT2D eigenvalue weighted by Gasteiger charge is -2.11. The molecule has 0 aliphatic carbocycles. The first-order valence-electron chi connectivity index (χ1n) is 10.5. The van der Waals surface area contributed by atoms with Gasteiger partial charge in [-0.3, -0.25) is 14.4 Å². The molecule has 0 saturated carbocycles. The molecule has 0 saturated heterocycles. The van der Waals surface area contributed by atoms with Crippen LogP contribution in [0.15, 0.2) is 83.7 Å². The molecule has 1 aromatic heterocycles. The van der Waals surface area contributed by atoms with Crippen molar-refractivity contribution in [1.82, 2.24) is 9.78 Å². The molecule has 1 amide bonds. The number of aromatic nitrogens is 2. The third kappa shape index (κ3) is 5.07. The predicted molar refractivity (Wildman–Crippen MR) is 127 cm³/mol. The Bertz CT molecular complexity index is 1430. The smallest absolute Gasteiger partial charge is 0.359 e. The highest BCUT2D eigenvalue weighted by Crippen LogP contribution is 2.15. The van der Waals surface area contributed by atoms with E-state index in [4.69, 9.17) is 4.74 Å². The van der Waals surface area contributed by atoms with E-state index in [2.05, 4.69) is 10.4 Å². The summed E-state index contributed by atoms with van der Waals surface area (Å²) in [4.78, 5) is 49.4. The molecule has 0 bridgehead atoms. The second-order valence-corrected chi connectivity index (χ2v) is 7.60. The van der Waals surface area contributed by atoms with Crippen LogP contribution in [-0.4, -0.2) is 34.0 Å². The molecule has 0 radical (unpaired) electrons. The lowest BCUT2D eigenvalue weighted by Crippen LogP contribution is -2.28.